The second-order valence-electron chi connectivity index (χ2n) is 8.74. The van der Waals surface area contributed by atoms with Gasteiger partial charge in [-0.25, -0.2) is 17.7 Å². The summed E-state index contributed by atoms with van der Waals surface area (Å²) in [6.07, 6.45) is 4.75. The molecule has 9 nitrogen and oxygen atoms in total. The molecule has 1 amide bonds. The van der Waals surface area contributed by atoms with E-state index in [2.05, 4.69) is 25.6 Å². The van der Waals surface area contributed by atoms with Crippen molar-refractivity contribution < 1.29 is 13.2 Å². The minimum atomic E-state index is -3.57. The topological polar surface area (TPSA) is 117 Å². The highest BCUT2D eigenvalue weighted by Crippen LogP contribution is 2.25. The maximum absolute atomic E-state index is 12.6. The summed E-state index contributed by atoms with van der Waals surface area (Å²) in [5, 5.41) is 6.23. The van der Waals surface area contributed by atoms with Crippen LogP contribution in [0.2, 0.25) is 0 Å². The highest BCUT2D eigenvalue weighted by atomic mass is 32.2. The van der Waals surface area contributed by atoms with Gasteiger partial charge in [-0.1, -0.05) is 24.3 Å². The summed E-state index contributed by atoms with van der Waals surface area (Å²) >= 11 is 0. The summed E-state index contributed by atoms with van der Waals surface area (Å²) in [5.41, 5.74) is 4.11. The van der Waals surface area contributed by atoms with E-state index < -0.39 is 10.0 Å². The fourth-order valence-corrected chi connectivity index (χ4v) is 4.55. The van der Waals surface area contributed by atoms with E-state index in [4.69, 9.17) is 0 Å². The van der Waals surface area contributed by atoms with Crippen LogP contribution >= 0.6 is 0 Å². The van der Waals surface area contributed by atoms with Gasteiger partial charge in [-0.05, 0) is 55.8 Å². The van der Waals surface area contributed by atoms with E-state index in [1.165, 1.54) is 18.4 Å². The molecule has 0 fully saturated rings. The Bertz CT molecular complexity index is 1520. The van der Waals surface area contributed by atoms with Crippen LogP contribution in [-0.4, -0.2) is 47.7 Å². The standard InChI is InChI=1S/C27H28N6O3S/c1-18-11-12-22(15-29-18)27(34)31-23-9-5-7-20(13-23)19(2)30-26-17-28-16-25(32-26)21-8-6-10-24(14-21)37(35,36)33(3)4/h5-17,19H,1-4H3,(H,30,32)(H,31,34)/t19-/m0/s1. The first kappa shape index (κ1) is 25.9. The van der Waals surface area contributed by atoms with Crippen LogP contribution in [0, 0.1) is 6.92 Å². The number of amides is 1. The number of aromatic nitrogens is 3. The molecule has 0 aliphatic rings. The summed E-state index contributed by atoms with van der Waals surface area (Å²) in [6, 6.07) is 17.5. The van der Waals surface area contributed by atoms with Crippen molar-refractivity contribution in [1.82, 2.24) is 19.3 Å². The molecule has 37 heavy (non-hydrogen) atoms. The zero-order valence-corrected chi connectivity index (χ0v) is 21.8. The molecule has 4 aromatic rings. The number of rotatable bonds is 8. The number of anilines is 2. The van der Waals surface area contributed by atoms with Crippen LogP contribution in [0.4, 0.5) is 11.5 Å². The third-order valence-electron chi connectivity index (χ3n) is 5.73. The van der Waals surface area contributed by atoms with Gasteiger partial charge in [0.05, 0.1) is 34.6 Å². The van der Waals surface area contributed by atoms with Crippen LogP contribution in [0.25, 0.3) is 11.3 Å². The second kappa shape index (κ2) is 10.9. The molecule has 0 bridgehead atoms. The average molecular weight is 517 g/mol. The van der Waals surface area contributed by atoms with Gasteiger partial charge >= 0.3 is 0 Å². The van der Waals surface area contributed by atoms with Crippen molar-refractivity contribution in [2.45, 2.75) is 24.8 Å². The predicted molar refractivity (Wildman–Crippen MR) is 144 cm³/mol. The SMILES string of the molecule is Cc1ccc(C(=O)Nc2cccc([C@H](C)Nc3cncc(-c4cccc(S(=O)(=O)N(C)C)c4)n3)c2)cn1. The Labute approximate surface area is 216 Å². The molecule has 2 aromatic heterocycles. The number of hydrogen-bond acceptors (Lipinski definition) is 7. The summed E-state index contributed by atoms with van der Waals surface area (Å²) in [5.74, 6) is 0.299. The Hall–Kier alpha value is -4.15. The smallest absolute Gasteiger partial charge is 0.257 e. The Balaban J connectivity index is 1.50. The van der Waals surface area contributed by atoms with E-state index in [1.807, 2.05) is 38.1 Å². The minimum absolute atomic E-state index is 0.150. The fraction of sp³-hybridized carbons (Fsp3) is 0.185. The van der Waals surface area contributed by atoms with Crippen molar-refractivity contribution in [3.8, 4) is 11.3 Å². The summed E-state index contributed by atoms with van der Waals surface area (Å²) in [7, 11) is -0.581. The average Bonchev–Trinajstić information content (AvgIpc) is 2.89. The van der Waals surface area contributed by atoms with Crippen molar-refractivity contribution in [2.75, 3.05) is 24.7 Å². The lowest BCUT2D eigenvalue weighted by Crippen LogP contribution is -2.22. The fourth-order valence-electron chi connectivity index (χ4n) is 3.60. The third kappa shape index (κ3) is 6.16. The molecule has 0 radical (unpaired) electrons. The second-order valence-corrected chi connectivity index (χ2v) is 10.9. The number of nitrogens with one attached hydrogen (secondary N) is 2. The molecule has 2 aromatic carbocycles. The van der Waals surface area contributed by atoms with Crippen molar-refractivity contribution in [1.29, 1.82) is 0 Å². The quantitative estimate of drug-likeness (QED) is 0.353. The van der Waals surface area contributed by atoms with Gasteiger partial charge in [-0.2, -0.15) is 0 Å². The number of carbonyl (C=O) groups is 1. The maximum Gasteiger partial charge on any atom is 0.257 e. The van der Waals surface area contributed by atoms with Gasteiger partial charge in [0.25, 0.3) is 5.91 Å². The van der Waals surface area contributed by atoms with Crippen LogP contribution in [-0.2, 0) is 10.0 Å². The van der Waals surface area contributed by atoms with Crippen molar-refractivity contribution in [3.63, 3.8) is 0 Å². The normalized spacial score (nSPS) is 12.2. The van der Waals surface area contributed by atoms with Crippen molar-refractivity contribution in [2.24, 2.45) is 0 Å². The lowest BCUT2D eigenvalue weighted by atomic mass is 10.1. The Kier molecular flexibility index (Phi) is 7.61. The van der Waals surface area contributed by atoms with E-state index >= 15 is 0 Å². The van der Waals surface area contributed by atoms with Crippen LogP contribution in [0.5, 0.6) is 0 Å². The molecule has 2 N–H and O–H groups in total. The summed E-state index contributed by atoms with van der Waals surface area (Å²) < 4.78 is 26.2. The Morgan fingerprint density at radius 3 is 2.49 bits per heavy atom. The van der Waals surface area contributed by atoms with Gasteiger partial charge in [0.2, 0.25) is 10.0 Å². The molecule has 0 unspecified atom stereocenters. The number of sulfonamides is 1. The zero-order chi connectivity index (χ0) is 26.6. The minimum Gasteiger partial charge on any atom is -0.362 e. The zero-order valence-electron chi connectivity index (χ0n) is 21.0. The molecule has 0 aliphatic heterocycles. The highest BCUT2D eigenvalue weighted by molar-refractivity contribution is 7.89. The molecule has 0 aliphatic carbocycles. The van der Waals surface area contributed by atoms with Crippen LogP contribution < -0.4 is 10.6 Å². The maximum atomic E-state index is 12.6. The van der Waals surface area contributed by atoms with Crippen LogP contribution in [0.15, 0.2) is 84.1 Å². The number of nitrogens with zero attached hydrogens (tertiary/aromatic N) is 4. The van der Waals surface area contributed by atoms with Gasteiger partial charge in [0.1, 0.15) is 5.82 Å². The van der Waals surface area contributed by atoms with Crippen molar-refractivity contribution >= 4 is 27.4 Å². The molecule has 0 saturated heterocycles. The number of benzene rings is 2. The van der Waals surface area contributed by atoms with Crippen LogP contribution in [0.1, 0.15) is 34.6 Å². The lowest BCUT2D eigenvalue weighted by molar-refractivity contribution is 0.102. The van der Waals surface area contributed by atoms with Gasteiger partial charge in [-0.15, -0.1) is 0 Å². The van der Waals surface area contributed by atoms with Gasteiger partial charge in [-0.3, -0.25) is 14.8 Å². The monoisotopic (exact) mass is 516 g/mol. The molecule has 0 spiro atoms. The Morgan fingerprint density at radius 1 is 0.973 bits per heavy atom. The molecular formula is C27H28N6O3S. The molecule has 2 heterocycles. The first-order chi connectivity index (χ1) is 17.6. The van der Waals surface area contributed by atoms with Crippen molar-refractivity contribution in [3.05, 3.63) is 96.1 Å². The van der Waals surface area contributed by atoms with E-state index in [0.717, 1.165) is 11.3 Å². The molecular weight excluding hydrogens is 488 g/mol. The van der Waals surface area contributed by atoms with E-state index in [-0.39, 0.29) is 16.8 Å². The van der Waals surface area contributed by atoms with Crippen LogP contribution in [0.3, 0.4) is 0 Å². The van der Waals surface area contributed by atoms with E-state index in [9.17, 15) is 13.2 Å². The molecule has 10 heteroatoms. The number of hydrogen-bond donors (Lipinski definition) is 2. The number of aryl methyl sites for hydroxylation is 1. The first-order valence-electron chi connectivity index (χ1n) is 11.6. The lowest BCUT2D eigenvalue weighted by Gasteiger charge is -2.17. The molecule has 190 valence electrons. The van der Waals surface area contributed by atoms with Gasteiger partial charge < -0.3 is 10.6 Å². The Morgan fingerprint density at radius 2 is 1.76 bits per heavy atom. The first-order valence-corrected chi connectivity index (χ1v) is 13.0. The third-order valence-corrected chi connectivity index (χ3v) is 7.54. The summed E-state index contributed by atoms with van der Waals surface area (Å²) in [6.45, 7) is 3.84. The molecule has 0 saturated carbocycles. The highest BCUT2D eigenvalue weighted by Gasteiger charge is 2.18. The van der Waals surface area contributed by atoms with E-state index in [0.29, 0.717) is 28.3 Å². The number of pyridine rings is 1. The van der Waals surface area contributed by atoms with E-state index in [1.54, 1.807) is 55.0 Å². The molecule has 4 rings (SSSR count). The largest absolute Gasteiger partial charge is 0.362 e. The number of carbonyl (C=O) groups excluding carboxylic acids is 1. The van der Waals surface area contributed by atoms with Gasteiger partial charge in [0.15, 0.2) is 0 Å². The summed E-state index contributed by atoms with van der Waals surface area (Å²) in [4.78, 5) is 25.8. The van der Waals surface area contributed by atoms with Gasteiger partial charge in [0, 0.05) is 37.2 Å². The predicted octanol–water partition coefficient (Wildman–Crippen LogP) is 4.52. The molecule has 1 atom stereocenters.